The Hall–Kier alpha value is -2.45. The average molecular weight is 615 g/mol. The lowest BCUT2D eigenvalue weighted by molar-refractivity contribution is -0.308. The van der Waals surface area contributed by atoms with E-state index in [0.717, 1.165) is 61.6 Å². The Morgan fingerprint density at radius 3 is 2.10 bits per heavy atom. The Balaban J connectivity index is 1.30. The maximum Gasteiger partial charge on any atom is 0.434 e. The number of amides is 1. The Morgan fingerprint density at radius 1 is 0.902 bits per heavy atom. The molecule has 3 aliphatic heterocycles. The third-order valence-electron chi connectivity index (χ3n) is 8.10. The number of carboxylic acids is 1. The van der Waals surface area contributed by atoms with Gasteiger partial charge < -0.3 is 19.6 Å². The van der Waals surface area contributed by atoms with Gasteiger partial charge in [0, 0.05) is 63.1 Å². The highest BCUT2D eigenvalue weighted by Gasteiger charge is 2.60. The van der Waals surface area contributed by atoms with Gasteiger partial charge in [-0.05, 0) is 55.3 Å². The van der Waals surface area contributed by atoms with Crippen molar-refractivity contribution in [3.63, 3.8) is 0 Å². The topological polar surface area (TPSA) is 76.6 Å². The molecule has 15 heteroatoms. The molecule has 0 aliphatic carbocycles. The minimum absolute atomic E-state index is 0.0678. The van der Waals surface area contributed by atoms with E-state index < -0.39 is 30.5 Å². The summed E-state index contributed by atoms with van der Waals surface area (Å²) in [6.45, 7) is 4.10. The number of hydrogen-bond acceptors (Lipinski definition) is 6. The molecule has 3 heterocycles. The molecule has 230 valence electrons. The molecule has 1 aromatic carbocycles. The number of aliphatic carboxylic acids is 1. The number of nitrogens with zero attached hydrogens (tertiary/aromatic N) is 4. The second-order valence-electron chi connectivity index (χ2n) is 10.9. The number of ether oxygens (including phenoxy) is 1. The Kier molecular flexibility index (Phi) is 9.85. The van der Waals surface area contributed by atoms with Crippen LogP contribution in [-0.2, 0) is 16.1 Å². The van der Waals surface area contributed by atoms with Crippen LogP contribution >= 0.6 is 11.6 Å². The summed E-state index contributed by atoms with van der Waals surface area (Å²) >= 11 is 6.32. The van der Waals surface area contributed by atoms with Gasteiger partial charge in [-0.15, -0.1) is 0 Å². The number of carbonyl (C=O) groups is 2. The predicted octanol–water partition coefficient (Wildman–Crippen LogP) is 4.71. The standard InChI is InChI=1S/C26H33ClF6N4O4/c27-20-2-1-19(15-34-9-11-37(12-10-34)24(40)41-23(25(28,29)30)26(31,32)33)21(13-20)36-7-4-17(5-8-36)18-3-6-35(14-18)16-22(38)39/h1-2,13,17-18,23H,3-12,14-16H2,(H,38,39)/t18-/m1/s1. The summed E-state index contributed by atoms with van der Waals surface area (Å²) in [5.41, 5.74) is 1.95. The lowest BCUT2D eigenvalue weighted by atomic mass is 9.83. The first-order valence-corrected chi connectivity index (χ1v) is 13.9. The van der Waals surface area contributed by atoms with Gasteiger partial charge in [0.25, 0.3) is 6.10 Å². The molecule has 4 rings (SSSR count). The number of halogens is 7. The summed E-state index contributed by atoms with van der Waals surface area (Å²) in [7, 11) is 0. The van der Waals surface area contributed by atoms with E-state index in [0.29, 0.717) is 23.4 Å². The fraction of sp³-hybridized carbons (Fsp3) is 0.692. The summed E-state index contributed by atoms with van der Waals surface area (Å²) in [5.74, 6) is 0.169. The lowest BCUT2D eigenvalue weighted by Crippen LogP contribution is -2.52. The predicted molar refractivity (Wildman–Crippen MR) is 138 cm³/mol. The van der Waals surface area contributed by atoms with Gasteiger partial charge in [0.15, 0.2) is 0 Å². The summed E-state index contributed by atoms with van der Waals surface area (Å²) < 4.78 is 80.4. The van der Waals surface area contributed by atoms with E-state index in [1.54, 1.807) is 6.07 Å². The number of alkyl halides is 6. The van der Waals surface area contributed by atoms with E-state index in [1.165, 1.54) is 0 Å². The van der Waals surface area contributed by atoms with E-state index in [4.69, 9.17) is 16.7 Å². The Labute approximate surface area is 238 Å². The van der Waals surface area contributed by atoms with Crippen LogP contribution in [0.2, 0.25) is 5.02 Å². The molecule has 0 radical (unpaired) electrons. The summed E-state index contributed by atoms with van der Waals surface area (Å²) in [6.07, 6.45) is -14.4. The zero-order valence-corrected chi connectivity index (χ0v) is 23.0. The molecule has 1 amide bonds. The molecule has 0 aromatic heterocycles. The van der Waals surface area contributed by atoms with Crippen LogP contribution in [0, 0.1) is 11.8 Å². The Morgan fingerprint density at radius 2 is 1.51 bits per heavy atom. The number of carbonyl (C=O) groups excluding carboxylic acids is 1. The number of piperidine rings is 1. The summed E-state index contributed by atoms with van der Waals surface area (Å²) in [5, 5.41) is 9.63. The fourth-order valence-corrected chi connectivity index (χ4v) is 6.15. The van der Waals surface area contributed by atoms with Gasteiger partial charge in [-0.3, -0.25) is 14.6 Å². The van der Waals surface area contributed by atoms with Crippen LogP contribution < -0.4 is 4.90 Å². The van der Waals surface area contributed by atoms with Gasteiger partial charge in [0.1, 0.15) is 0 Å². The largest absolute Gasteiger partial charge is 0.480 e. The third kappa shape index (κ3) is 8.31. The van der Waals surface area contributed by atoms with E-state index >= 15 is 0 Å². The fourth-order valence-electron chi connectivity index (χ4n) is 5.98. The van der Waals surface area contributed by atoms with Crippen LogP contribution in [0.4, 0.5) is 36.8 Å². The molecule has 3 saturated heterocycles. The molecule has 1 N–H and O–H groups in total. The monoisotopic (exact) mass is 614 g/mol. The highest BCUT2D eigenvalue weighted by molar-refractivity contribution is 6.30. The minimum atomic E-state index is -5.76. The lowest BCUT2D eigenvalue weighted by Gasteiger charge is -2.38. The van der Waals surface area contributed by atoms with Crippen molar-refractivity contribution >= 4 is 29.4 Å². The second-order valence-corrected chi connectivity index (χ2v) is 11.3. The smallest absolute Gasteiger partial charge is 0.434 e. The number of anilines is 1. The van der Waals surface area contributed by atoms with Crippen molar-refractivity contribution in [2.75, 3.05) is 63.8 Å². The van der Waals surface area contributed by atoms with Gasteiger partial charge in [-0.25, -0.2) is 4.79 Å². The first-order chi connectivity index (χ1) is 19.2. The molecule has 3 fully saturated rings. The molecule has 8 nitrogen and oxygen atoms in total. The van der Waals surface area contributed by atoms with Gasteiger partial charge in [0.05, 0.1) is 6.54 Å². The molecule has 0 unspecified atom stereocenters. The van der Waals surface area contributed by atoms with E-state index in [9.17, 15) is 35.9 Å². The second kappa shape index (κ2) is 12.8. The number of benzene rings is 1. The van der Waals surface area contributed by atoms with Gasteiger partial charge >= 0.3 is 24.4 Å². The molecule has 0 spiro atoms. The van der Waals surface area contributed by atoms with E-state index in [2.05, 4.69) is 9.64 Å². The molecule has 41 heavy (non-hydrogen) atoms. The SMILES string of the molecule is O=C(O)CN1CC[C@@H](C2CCN(c3cc(Cl)ccc3CN3CCN(C(=O)OC(C(F)(F)F)C(F)(F)F)CC3)CC2)C1. The van der Waals surface area contributed by atoms with Crippen molar-refractivity contribution in [1.82, 2.24) is 14.7 Å². The zero-order valence-electron chi connectivity index (χ0n) is 22.3. The average Bonchev–Trinajstić information content (AvgIpc) is 3.35. The number of rotatable bonds is 7. The molecule has 0 bridgehead atoms. The van der Waals surface area contributed by atoms with Crippen LogP contribution in [0.1, 0.15) is 24.8 Å². The van der Waals surface area contributed by atoms with Crippen molar-refractivity contribution in [2.45, 2.75) is 44.3 Å². The van der Waals surface area contributed by atoms with Crippen LogP contribution in [0.3, 0.4) is 0 Å². The molecular weight excluding hydrogens is 582 g/mol. The maximum atomic E-state index is 12.8. The molecule has 1 aromatic rings. The van der Waals surface area contributed by atoms with Crippen molar-refractivity contribution in [2.24, 2.45) is 11.8 Å². The van der Waals surface area contributed by atoms with Crippen LogP contribution in [0.5, 0.6) is 0 Å². The van der Waals surface area contributed by atoms with E-state index in [-0.39, 0.29) is 32.7 Å². The van der Waals surface area contributed by atoms with Crippen LogP contribution in [-0.4, -0.2) is 109 Å². The molecule has 0 saturated carbocycles. The molecular formula is C26H33ClF6N4O4. The van der Waals surface area contributed by atoms with Crippen molar-refractivity contribution in [1.29, 1.82) is 0 Å². The zero-order chi connectivity index (χ0) is 29.9. The van der Waals surface area contributed by atoms with Gasteiger partial charge in [-0.2, -0.15) is 26.3 Å². The van der Waals surface area contributed by atoms with E-state index in [1.807, 2.05) is 21.9 Å². The van der Waals surface area contributed by atoms with Crippen LogP contribution in [0.15, 0.2) is 18.2 Å². The normalized spacial score (nSPS) is 22.0. The molecule has 1 atom stereocenters. The van der Waals surface area contributed by atoms with Crippen molar-refractivity contribution < 1.29 is 45.8 Å². The van der Waals surface area contributed by atoms with Gasteiger partial charge in [-0.1, -0.05) is 17.7 Å². The minimum Gasteiger partial charge on any atom is -0.480 e. The first kappa shape index (κ1) is 31.5. The van der Waals surface area contributed by atoms with Crippen molar-refractivity contribution in [3.05, 3.63) is 28.8 Å². The molecule has 3 aliphatic rings. The Bertz CT molecular complexity index is 1060. The number of carboxylic acid groups (broad SMARTS) is 1. The van der Waals surface area contributed by atoms with Gasteiger partial charge in [0.2, 0.25) is 0 Å². The highest BCUT2D eigenvalue weighted by atomic mass is 35.5. The number of piperazine rings is 1. The number of likely N-dealkylation sites (tertiary alicyclic amines) is 1. The van der Waals surface area contributed by atoms with Crippen molar-refractivity contribution in [3.8, 4) is 0 Å². The highest BCUT2D eigenvalue weighted by Crippen LogP contribution is 2.37. The first-order valence-electron chi connectivity index (χ1n) is 13.5. The summed E-state index contributed by atoms with van der Waals surface area (Å²) in [4.78, 5) is 30.2. The van der Waals surface area contributed by atoms with Crippen LogP contribution in [0.25, 0.3) is 0 Å². The summed E-state index contributed by atoms with van der Waals surface area (Å²) in [6, 6.07) is 5.57. The quantitative estimate of drug-likeness (QED) is 0.446. The maximum absolute atomic E-state index is 12.8. The number of hydrogen-bond donors (Lipinski definition) is 1. The third-order valence-corrected chi connectivity index (χ3v) is 8.33.